The van der Waals surface area contributed by atoms with Crippen LogP contribution < -0.4 is 0 Å². The number of carbonyl (C=O) groups excluding carboxylic acids is 1. The predicted molar refractivity (Wildman–Crippen MR) is 80.3 cm³/mol. The Hall–Kier alpha value is -0.830. The third kappa shape index (κ3) is 4.07. The quantitative estimate of drug-likeness (QED) is 0.756. The summed E-state index contributed by atoms with van der Waals surface area (Å²) in [6.45, 7) is 0. The molecule has 0 aliphatic heterocycles. The summed E-state index contributed by atoms with van der Waals surface area (Å²) in [6.07, 6.45) is 7.89. The lowest BCUT2D eigenvalue weighted by molar-refractivity contribution is -0.140. The standard InChI is InChI=1S/C16H21BrO2/c1-19-16(18)10-9-13-7-8-14(11-15(13)17)12-5-3-2-4-6-12/h7-8,11-12H,2-6,9-10H2,1H3. The van der Waals surface area contributed by atoms with Crippen molar-refractivity contribution < 1.29 is 9.53 Å². The van der Waals surface area contributed by atoms with Crippen molar-refractivity contribution >= 4 is 21.9 Å². The number of aryl methyl sites for hydroxylation is 1. The second kappa shape index (κ2) is 7.09. The molecule has 0 spiro atoms. The summed E-state index contributed by atoms with van der Waals surface area (Å²) < 4.78 is 5.80. The van der Waals surface area contributed by atoms with Crippen LogP contribution in [0.5, 0.6) is 0 Å². The van der Waals surface area contributed by atoms with E-state index in [4.69, 9.17) is 0 Å². The first-order valence-corrected chi connectivity index (χ1v) is 7.85. The van der Waals surface area contributed by atoms with Gasteiger partial charge in [-0.15, -0.1) is 0 Å². The fraction of sp³-hybridized carbons (Fsp3) is 0.562. The molecule has 104 valence electrons. The highest BCUT2D eigenvalue weighted by molar-refractivity contribution is 9.10. The first kappa shape index (κ1) is 14.6. The first-order valence-electron chi connectivity index (χ1n) is 7.06. The van der Waals surface area contributed by atoms with Gasteiger partial charge in [0.1, 0.15) is 0 Å². The van der Waals surface area contributed by atoms with Gasteiger partial charge in [-0.3, -0.25) is 4.79 Å². The van der Waals surface area contributed by atoms with Crippen LogP contribution in [0.25, 0.3) is 0 Å². The molecular formula is C16H21BrO2. The lowest BCUT2D eigenvalue weighted by Gasteiger charge is -2.22. The van der Waals surface area contributed by atoms with Crippen molar-refractivity contribution in [2.75, 3.05) is 7.11 Å². The molecule has 0 N–H and O–H groups in total. The van der Waals surface area contributed by atoms with Crippen molar-refractivity contribution in [1.82, 2.24) is 0 Å². The van der Waals surface area contributed by atoms with Gasteiger partial charge in [0.25, 0.3) is 0 Å². The highest BCUT2D eigenvalue weighted by Gasteiger charge is 2.16. The fourth-order valence-corrected chi connectivity index (χ4v) is 3.39. The summed E-state index contributed by atoms with van der Waals surface area (Å²) in [4.78, 5) is 11.2. The molecule has 0 unspecified atom stereocenters. The molecular weight excluding hydrogens is 304 g/mol. The third-order valence-corrected chi connectivity index (χ3v) is 4.72. The number of ether oxygens (including phenoxy) is 1. The van der Waals surface area contributed by atoms with Gasteiger partial charge in [0, 0.05) is 10.9 Å². The zero-order chi connectivity index (χ0) is 13.7. The zero-order valence-corrected chi connectivity index (χ0v) is 13.0. The molecule has 2 rings (SSSR count). The summed E-state index contributed by atoms with van der Waals surface area (Å²) in [5.74, 6) is 0.572. The molecule has 0 aromatic heterocycles. The second-order valence-electron chi connectivity index (χ2n) is 5.26. The number of rotatable bonds is 4. The summed E-state index contributed by atoms with van der Waals surface area (Å²) in [7, 11) is 1.43. The predicted octanol–water partition coefficient (Wildman–Crippen LogP) is 4.60. The molecule has 1 aromatic carbocycles. The number of hydrogen-bond acceptors (Lipinski definition) is 2. The van der Waals surface area contributed by atoms with Gasteiger partial charge in [-0.2, -0.15) is 0 Å². The largest absolute Gasteiger partial charge is 0.469 e. The molecule has 0 radical (unpaired) electrons. The molecule has 1 aliphatic rings. The minimum absolute atomic E-state index is 0.150. The Kier molecular flexibility index (Phi) is 5.44. The molecule has 0 saturated heterocycles. The summed E-state index contributed by atoms with van der Waals surface area (Å²) in [6, 6.07) is 6.62. The molecule has 1 aromatic rings. The van der Waals surface area contributed by atoms with Gasteiger partial charge < -0.3 is 4.74 Å². The maximum atomic E-state index is 11.2. The summed E-state index contributed by atoms with van der Waals surface area (Å²) >= 11 is 3.63. The van der Waals surface area contributed by atoms with Crippen molar-refractivity contribution in [2.24, 2.45) is 0 Å². The average molecular weight is 325 g/mol. The monoisotopic (exact) mass is 324 g/mol. The molecule has 0 bridgehead atoms. The van der Waals surface area contributed by atoms with Crippen LogP contribution in [0.3, 0.4) is 0 Å². The minimum Gasteiger partial charge on any atom is -0.469 e. The van der Waals surface area contributed by atoms with E-state index in [1.54, 1.807) is 0 Å². The maximum absolute atomic E-state index is 11.2. The van der Waals surface area contributed by atoms with E-state index < -0.39 is 0 Å². The van der Waals surface area contributed by atoms with Crippen molar-refractivity contribution in [2.45, 2.75) is 50.9 Å². The molecule has 1 fully saturated rings. The maximum Gasteiger partial charge on any atom is 0.305 e. The van der Waals surface area contributed by atoms with E-state index in [9.17, 15) is 4.79 Å². The smallest absolute Gasteiger partial charge is 0.305 e. The van der Waals surface area contributed by atoms with Crippen LogP contribution in [-0.2, 0) is 16.0 Å². The first-order chi connectivity index (χ1) is 9.20. The molecule has 3 heteroatoms. The van der Waals surface area contributed by atoms with E-state index in [1.165, 1.54) is 50.3 Å². The number of hydrogen-bond donors (Lipinski definition) is 0. The number of halogens is 1. The third-order valence-electron chi connectivity index (χ3n) is 3.98. The van der Waals surface area contributed by atoms with Gasteiger partial charge in [0.05, 0.1) is 7.11 Å². The van der Waals surface area contributed by atoms with E-state index >= 15 is 0 Å². The van der Waals surface area contributed by atoms with E-state index in [2.05, 4.69) is 38.9 Å². The Morgan fingerprint density at radius 3 is 2.68 bits per heavy atom. The molecule has 1 saturated carbocycles. The van der Waals surface area contributed by atoms with Crippen LogP contribution in [0.1, 0.15) is 55.6 Å². The Bertz CT molecular complexity index is 436. The Morgan fingerprint density at radius 2 is 2.05 bits per heavy atom. The van der Waals surface area contributed by atoms with Gasteiger partial charge in [0.2, 0.25) is 0 Å². The van der Waals surface area contributed by atoms with E-state index in [0.29, 0.717) is 6.42 Å². The normalized spacial score (nSPS) is 16.3. The van der Waals surface area contributed by atoms with Gasteiger partial charge in [-0.25, -0.2) is 0 Å². The summed E-state index contributed by atoms with van der Waals surface area (Å²) in [5.41, 5.74) is 2.62. The second-order valence-corrected chi connectivity index (χ2v) is 6.12. The highest BCUT2D eigenvalue weighted by atomic mass is 79.9. The van der Waals surface area contributed by atoms with Crippen molar-refractivity contribution in [3.8, 4) is 0 Å². The van der Waals surface area contributed by atoms with Crippen LogP contribution in [-0.4, -0.2) is 13.1 Å². The fourth-order valence-electron chi connectivity index (χ4n) is 2.79. The SMILES string of the molecule is COC(=O)CCc1ccc(C2CCCCC2)cc1Br. The Morgan fingerprint density at radius 1 is 1.32 bits per heavy atom. The van der Waals surface area contributed by atoms with Crippen LogP contribution >= 0.6 is 15.9 Å². The van der Waals surface area contributed by atoms with Crippen LogP contribution in [0, 0.1) is 0 Å². The van der Waals surface area contributed by atoms with E-state index in [0.717, 1.165) is 16.8 Å². The van der Waals surface area contributed by atoms with Crippen LogP contribution in [0.15, 0.2) is 22.7 Å². The summed E-state index contributed by atoms with van der Waals surface area (Å²) in [5, 5.41) is 0. The topological polar surface area (TPSA) is 26.3 Å². The molecule has 0 atom stereocenters. The van der Waals surface area contributed by atoms with Crippen LogP contribution in [0.2, 0.25) is 0 Å². The molecule has 2 nitrogen and oxygen atoms in total. The number of methoxy groups -OCH3 is 1. The lowest BCUT2D eigenvalue weighted by atomic mass is 9.84. The minimum atomic E-state index is -0.150. The van der Waals surface area contributed by atoms with Crippen molar-refractivity contribution in [1.29, 1.82) is 0 Å². The van der Waals surface area contributed by atoms with Gasteiger partial charge in [0.15, 0.2) is 0 Å². The van der Waals surface area contributed by atoms with Gasteiger partial charge in [-0.05, 0) is 42.4 Å². The van der Waals surface area contributed by atoms with Gasteiger partial charge >= 0.3 is 5.97 Å². The molecule has 1 aliphatic carbocycles. The van der Waals surface area contributed by atoms with Crippen molar-refractivity contribution in [3.63, 3.8) is 0 Å². The molecule has 0 heterocycles. The average Bonchev–Trinajstić information content (AvgIpc) is 2.46. The highest BCUT2D eigenvalue weighted by Crippen LogP contribution is 2.34. The molecule has 0 amide bonds. The van der Waals surface area contributed by atoms with Crippen molar-refractivity contribution in [3.05, 3.63) is 33.8 Å². The Balaban J connectivity index is 2.01. The number of carbonyl (C=O) groups is 1. The lowest BCUT2D eigenvalue weighted by Crippen LogP contribution is -2.05. The molecule has 19 heavy (non-hydrogen) atoms. The Labute approximate surface area is 123 Å². The van der Waals surface area contributed by atoms with E-state index in [1.807, 2.05) is 0 Å². The van der Waals surface area contributed by atoms with E-state index in [-0.39, 0.29) is 5.97 Å². The number of benzene rings is 1. The number of esters is 1. The zero-order valence-electron chi connectivity index (χ0n) is 11.5. The van der Waals surface area contributed by atoms with Gasteiger partial charge in [-0.1, -0.05) is 47.3 Å². The van der Waals surface area contributed by atoms with Crippen LogP contribution in [0.4, 0.5) is 0 Å².